The second kappa shape index (κ2) is 9.00. The maximum Gasteiger partial charge on any atom is 0.307 e. The van der Waals surface area contributed by atoms with Gasteiger partial charge in [0.15, 0.2) is 23.1 Å². The highest BCUT2D eigenvalue weighted by Crippen LogP contribution is 2.35. The minimum atomic E-state index is -0.621. The maximum absolute atomic E-state index is 14.5. The van der Waals surface area contributed by atoms with Gasteiger partial charge in [-0.3, -0.25) is 8.77 Å². The van der Waals surface area contributed by atoms with Crippen LogP contribution in [0.5, 0.6) is 0 Å². The van der Waals surface area contributed by atoms with Crippen LogP contribution in [0.1, 0.15) is 25.7 Å². The van der Waals surface area contributed by atoms with Crippen LogP contribution in [0.4, 0.5) is 14.6 Å². The third kappa shape index (κ3) is 4.22. The van der Waals surface area contributed by atoms with Gasteiger partial charge in [0.2, 0.25) is 0 Å². The average molecular weight is 545 g/mol. The van der Waals surface area contributed by atoms with Gasteiger partial charge in [0.05, 0.1) is 25.9 Å². The zero-order chi connectivity index (χ0) is 21.3. The monoisotopic (exact) mass is 545 g/mol. The van der Waals surface area contributed by atoms with Crippen LogP contribution in [-0.4, -0.2) is 38.0 Å². The first-order chi connectivity index (χ1) is 14.5. The Morgan fingerprint density at radius 1 is 1.40 bits per heavy atom. The molecule has 0 saturated heterocycles. The lowest BCUT2D eigenvalue weighted by Gasteiger charge is -2.34. The molecule has 1 N–H and O–H groups in total. The van der Waals surface area contributed by atoms with Gasteiger partial charge in [-0.05, 0) is 24.8 Å². The number of fused-ring (bicyclic) bond motifs is 1. The molecular weight excluding hydrogens is 527 g/mol. The number of pyridine rings is 1. The van der Waals surface area contributed by atoms with Crippen molar-refractivity contribution in [3.05, 3.63) is 36.3 Å². The molecule has 3 aromatic rings. The Kier molecular flexibility index (Phi) is 6.37. The van der Waals surface area contributed by atoms with E-state index in [1.54, 1.807) is 10.2 Å². The SMILES string of the molecule is COC(=O)CC(Nc1nc(-c2cn(SI)c3ncc(F)cc23)ncc1F)C1CCC1. The molecule has 0 amide bonds. The van der Waals surface area contributed by atoms with Crippen molar-refractivity contribution < 1.29 is 18.3 Å². The first-order valence-electron chi connectivity index (χ1n) is 9.32. The van der Waals surface area contributed by atoms with Crippen LogP contribution in [0.2, 0.25) is 0 Å². The molecular formula is C19H18F2IN5O2S. The van der Waals surface area contributed by atoms with Gasteiger partial charge in [-0.1, -0.05) is 6.42 Å². The maximum atomic E-state index is 14.5. The number of hydrogen-bond donors (Lipinski definition) is 1. The highest BCUT2D eigenvalue weighted by Gasteiger charge is 2.30. The molecule has 0 bridgehead atoms. The first kappa shape index (κ1) is 21.2. The van der Waals surface area contributed by atoms with E-state index in [-0.39, 0.29) is 36.0 Å². The van der Waals surface area contributed by atoms with Crippen molar-refractivity contribution in [2.75, 3.05) is 12.4 Å². The van der Waals surface area contributed by atoms with Crippen molar-refractivity contribution >= 4 is 53.1 Å². The highest BCUT2D eigenvalue weighted by molar-refractivity contribution is 14.2. The van der Waals surface area contributed by atoms with Gasteiger partial charge >= 0.3 is 5.97 Å². The molecule has 1 saturated carbocycles. The number of esters is 1. The van der Waals surface area contributed by atoms with Gasteiger partial charge in [-0.25, -0.2) is 23.7 Å². The second-order valence-corrected chi connectivity index (χ2v) is 8.79. The van der Waals surface area contributed by atoms with Gasteiger partial charge in [-0.15, -0.1) is 0 Å². The van der Waals surface area contributed by atoms with Crippen LogP contribution in [0.15, 0.2) is 24.7 Å². The molecule has 3 heterocycles. The van der Waals surface area contributed by atoms with Crippen molar-refractivity contribution in [3.63, 3.8) is 0 Å². The van der Waals surface area contributed by atoms with Crippen molar-refractivity contribution in [1.29, 1.82) is 0 Å². The normalized spacial score (nSPS) is 15.1. The number of aromatic nitrogens is 4. The quantitative estimate of drug-likeness (QED) is 0.339. The number of hydrogen-bond acceptors (Lipinski definition) is 7. The van der Waals surface area contributed by atoms with E-state index in [0.29, 0.717) is 16.6 Å². The fraction of sp³-hybridized carbons (Fsp3) is 0.368. The number of carbonyl (C=O) groups excluding carboxylic acids is 1. The molecule has 4 rings (SSSR count). The summed E-state index contributed by atoms with van der Waals surface area (Å²) in [7, 11) is 2.70. The fourth-order valence-electron chi connectivity index (χ4n) is 3.50. The molecule has 11 heteroatoms. The largest absolute Gasteiger partial charge is 0.469 e. The summed E-state index contributed by atoms with van der Waals surface area (Å²) in [5.74, 6) is -0.970. The fourth-order valence-corrected chi connectivity index (χ4v) is 4.76. The van der Waals surface area contributed by atoms with Crippen LogP contribution in [-0.2, 0) is 9.53 Å². The van der Waals surface area contributed by atoms with Crippen molar-refractivity contribution in [2.45, 2.75) is 31.7 Å². The second-order valence-electron chi connectivity index (χ2n) is 7.07. The standard InChI is InChI=1S/C19H18F2IN5O2S/c1-29-16(28)6-15(10-3-2-4-10)25-18-14(21)8-23-17(26-18)13-9-27(30-22)19-12(13)5-11(20)7-24-19/h5,7-10,15H,2-4,6H2,1H3,(H,23,25,26). The average Bonchev–Trinajstić information content (AvgIpc) is 3.06. The van der Waals surface area contributed by atoms with Gasteiger partial charge in [-0.2, -0.15) is 0 Å². The Labute approximate surface area is 187 Å². The van der Waals surface area contributed by atoms with E-state index < -0.39 is 11.6 Å². The van der Waals surface area contributed by atoms with E-state index in [2.05, 4.69) is 41.5 Å². The highest BCUT2D eigenvalue weighted by atomic mass is 127. The zero-order valence-corrected chi connectivity index (χ0v) is 18.9. The van der Waals surface area contributed by atoms with Crippen LogP contribution in [0.25, 0.3) is 22.4 Å². The first-order valence-corrected chi connectivity index (χ1v) is 12.6. The molecule has 1 aliphatic rings. The number of rotatable bonds is 7. The predicted molar refractivity (Wildman–Crippen MR) is 119 cm³/mol. The summed E-state index contributed by atoms with van der Waals surface area (Å²) < 4.78 is 34.9. The molecule has 1 aliphatic carbocycles. The number of nitrogens with zero attached hydrogens (tertiary/aromatic N) is 4. The molecule has 3 aromatic heterocycles. The summed E-state index contributed by atoms with van der Waals surface area (Å²) >= 11 is 2.09. The van der Waals surface area contributed by atoms with E-state index >= 15 is 0 Å². The van der Waals surface area contributed by atoms with E-state index in [1.165, 1.54) is 22.3 Å². The van der Waals surface area contributed by atoms with Gasteiger partial charge in [0.25, 0.3) is 0 Å². The smallest absolute Gasteiger partial charge is 0.307 e. The lowest BCUT2D eigenvalue weighted by molar-refractivity contribution is -0.141. The van der Waals surface area contributed by atoms with Gasteiger partial charge in [0.1, 0.15) is 5.82 Å². The van der Waals surface area contributed by atoms with Crippen LogP contribution < -0.4 is 5.32 Å². The Morgan fingerprint density at radius 3 is 2.87 bits per heavy atom. The predicted octanol–water partition coefficient (Wildman–Crippen LogP) is 4.76. The minimum absolute atomic E-state index is 0.00759. The minimum Gasteiger partial charge on any atom is -0.469 e. The van der Waals surface area contributed by atoms with Crippen LogP contribution in [0.3, 0.4) is 0 Å². The summed E-state index contributed by atoms with van der Waals surface area (Å²) in [6, 6.07) is 1.07. The number of halogens is 3. The Hall–Kier alpha value is -2.02. The number of ether oxygens (including phenoxy) is 1. The lowest BCUT2D eigenvalue weighted by atomic mass is 9.78. The summed E-state index contributed by atoms with van der Waals surface area (Å²) in [6.45, 7) is 0. The van der Waals surface area contributed by atoms with Gasteiger partial charge < -0.3 is 10.1 Å². The van der Waals surface area contributed by atoms with Crippen molar-refractivity contribution in [2.24, 2.45) is 5.92 Å². The number of anilines is 1. The topological polar surface area (TPSA) is 81.9 Å². The molecule has 1 fully saturated rings. The number of carbonyl (C=O) groups is 1. The molecule has 158 valence electrons. The van der Waals surface area contributed by atoms with E-state index in [4.69, 9.17) is 4.74 Å². The molecule has 0 spiro atoms. The third-order valence-corrected chi connectivity index (χ3v) is 6.99. The van der Waals surface area contributed by atoms with Crippen LogP contribution in [0, 0.1) is 17.6 Å². The molecule has 0 radical (unpaired) electrons. The van der Waals surface area contributed by atoms with E-state index in [9.17, 15) is 13.6 Å². The molecule has 0 aliphatic heterocycles. The Bertz CT molecular complexity index is 1090. The molecule has 1 unspecified atom stereocenters. The molecule has 30 heavy (non-hydrogen) atoms. The van der Waals surface area contributed by atoms with Crippen molar-refractivity contribution in [3.8, 4) is 11.4 Å². The number of methoxy groups -OCH3 is 1. The molecule has 7 nitrogen and oxygen atoms in total. The lowest BCUT2D eigenvalue weighted by Crippen LogP contribution is -2.36. The molecule has 1 atom stereocenters. The number of nitrogens with one attached hydrogen (secondary N) is 1. The summed E-state index contributed by atoms with van der Waals surface area (Å²) in [5.41, 5.74) is 1.10. The summed E-state index contributed by atoms with van der Waals surface area (Å²) in [6.07, 6.45) is 7.08. The van der Waals surface area contributed by atoms with E-state index in [0.717, 1.165) is 31.7 Å². The summed E-state index contributed by atoms with van der Waals surface area (Å²) in [5, 5.41) is 3.60. The zero-order valence-electron chi connectivity index (χ0n) is 15.9. The van der Waals surface area contributed by atoms with Crippen LogP contribution >= 0.6 is 30.3 Å². The summed E-state index contributed by atoms with van der Waals surface area (Å²) in [4.78, 5) is 24.4. The Balaban J connectivity index is 1.70. The van der Waals surface area contributed by atoms with Crippen molar-refractivity contribution in [1.82, 2.24) is 18.9 Å². The van der Waals surface area contributed by atoms with Gasteiger partial charge in [0, 0.05) is 53.5 Å². The third-order valence-electron chi connectivity index (χ3n) is 5.29. The Morgan fingerprint density at radius 2 is 2.20 bits per heavy atom. The van der Waals surface area contributed by atoms with E-state index in [1.807, 2.05) is 0 Å². The molecule has 0 aromatic carbocycles.